The summed E-state index contributed by atoms with van der Waals surface area (Å²) >= 11 is 5.91. The highest BCUT2D eigenvalue weighted by Gasteiger charge is 2.31. The van der Waals surface area contributed by atoms with Crippen molar-refractivity contribution in [3.63, 3.8) is 0 Å². The molecule has 0 aromatic carbocycles. The van der Waals surface area contributed by atoms with Gasteiger partial charge in [0, 0.05) is 14.2 Å². The molecule has 0 aromatic rings. The molecule has 1 atom stereocenters. The Morgan fingerprint density at radius 2 is 1.88 bits per heavy atom. The number of carbonyl (C=O) groups is 2. The number of esters is 1. The predicted molar refractivity (Wildman–Crippen MR) is 64.0 cm³/mol. The van der Waals surface area contributed by atoms with E-state index in [4.69, 9.17) is 26.0 Å². The molecule has 0 aliphatic heterocycles. The van der Waals surface area contributed by atoms with Crippen LogP contribution in [0.3, 0.4) is 0 Å². The zero-order valence-corrected chi connectivity index (χ0v) is 11.6. The normalized spacial score (nSPS) is 13.2. The highest BCUT2D eigenvalue weighted by Crippen LogP contribution is 2.62. The Labute approximate surface area is 103 Å². The van der Waals surface area contributed by atoms with Crippen molar-refractivity contribution in [1.82, 2.24) is 0 Å². The van der Waals surface area contributed by atoms with Crippen LogP contribution in [0.15, 0.2) is 0 Å². The SMILES string of the molecule is COC(=O)[C@@H](CC(=O)O)SP(=S)(OC)OC. The molecule has 0 radical (unpaired) electrons. The minimum Gasteiger partial charge on any atom is -0.481 e. The number of ether oxygens (including phenoxy) is 1. The fraction of sp³-hybridized carbons (Fsp3) is 0.714. The van der Waals surface area contributed by atoms with Gasteiger partial charge in [0.25, 0.3) is 0 Å². The quantitative estimate of drug-likeness (QED) is 0.553. The van der Waals surface area contributed by atoms with Gasteiger partial charge in [0.05, 0.1) is 13.5 Å². The van der Waals surface area contributed by atoms with Gasteiger partial charge in [-0.25, -0.2) is 0 Å². The standard InChI is InChI=1S/C7H13O6PS2/c1-11-7(10)5(4-6(8)9)16-14(15,12-2)13-3/h5H,4H2,1-3H3,(H,8,9)/t5-/m1/s1. The molecule has 0 fully saturated rings. The van der Waals surface area contributed by atoms with E-state index in [1.807, 2.05) is 0 Å². The molecule has 0 saturated carbocycles. The Hall–Kier alpha value is -0.140. The molecule has 94 valence electrons. The third-order valence-electron chi connectivity index (χ3n) is 1.53. The van der Waals surface area contributed by atoms with Crippen LogP contribution in [0.25, 0.3) is 0 Å². The number of carboxylic acid groups (broad SMARTS) is 1. The number of carboxylic acids is 1. The average Bonchev–Trinajstić information content (AvgIpc) is 2.26. The molecule has 0 unspecified atom stereocenters. The van der Waals surface area contributed by atoms with Gasteiger partial charge in [0.2, 0.25) is 5.69 Å². The van der Waals surface area contributed by atoms with Gasteiger partial charge in [-0.1, -0.05) is 11.4 Å². The fourth-order valence-electron chi connectivity index (χ4n) is 0.770. The van der Waals surface area contributed by atoms with Gasteiger partial charge >= 0.3 is 11.9 Å². The first-order chi connectivity index (χ1) is 7.38. The maximum atomic E-state index is 11.3. The molecule has 0 bridgehead atoms. The summed E-state index contributed by atoms with van der Waals surface area (Å²) in [7, 11) is 3.89. The van der Waals surface area contributed by atoms with E-state index in [-0.39, 0.29) is 6.42 Å². The summed E-state index contributed by atoms with van der Waals surface area (Å²) in [6.07, 6.45) is -0.386. The molecule has 1 N–H and O–H groups in total. The second-order valence-corrected chi connectivity index (χ2v) is 9.14. The Morgan fingerprint density at radius 1 is 1.38 bits per heavy atom. The van der Waals surface area contributed by atoms with E-state index in [1.54, 1.807) is 0 Å². The molecule has 9 heteroatoms. The lowest BCUT2D eigenvalue weighted by Crippen LogP contribution is -2.22. The highest BCUT2D eigenvalue weighted by atomic mass is 32.9. The molecule has 0 aliphatic rings. The van der Waals surface area contributed by atoms with Gasteiger partial charge in [-0.15, -0.1) is 0 Å². The summed E-state index contributed by atoms with van der Waals surface area (Å²) in [5.41, 5.74) is -2.67. The molecule has 16 heavy (non-hydrogen) atoms. The minimum atomic E-state index is -2.67. The van der Waals surface area contributed by atoms with Gasteiger partial charge in [-0.3, -0.25) is 9.59 Å². The first-order valence-electron chi connectivity index (χ1n) is 4.08. The zero-order chi connectivity index (χ0) is 12.8. The predicted octanol–water partition coefficient (Wildman–Crippen LogP) is 1.25. The summed E-state index contributed by atoms with van der Waals surface area (Å²) in [5.74, 6) is -1.77. The molecule has 0 amide bonds. The van der Waals surface area contributed by atoms with E-state index < -0.39 is 22.9 Å². The first-order valence-corrected chi connectivity index (χ1v) is 8.20. The van der Waals surface area contributed by atoms with Crippen LogP contribution >= 0.6 is 17.1 Å². The molecule has 0 saturated heterocycles. The molecular formula is C7H13O6PS2. The molecule has 0 rings (SSSR count). The van der Waals surface area contributed by atoms with Crippen LogP contribution in [-0.4, -0.2) is 43.6 Å². The van der Waals surface area contributed by atoms with Crippen LogP contribution in [0.2, 0.25) is 0 Å². The van der Waals surface area contributed by atoms with E-state index in [0.29, 0.717) is 0 Å². The van der Waals surface area contributed by atoms with Gasteiger partial charge in [-0.05, 0) is 11.8 Å². The van der Waals surface area contributed by atoms with Gasteiger partial charge in [0.1, 0.15) is 5.25 Å². The largest absolute Gasteiger partial charge is 0.481 e. The van der Waals surface area contributed by atoms with Crippen molar-refractivity contribution >= 4 is 40.8 Å². The monoisotopic (exact) mass is 288 g/mol. The highest BCUT2D eigenvalue weighted by molar-refractivity contribution is 8.68. The Bertz CT molecular complexity index is 299. The lowest BCUT2D eigenvalue weighted by molar-refractivity contribution is -0.144. The number of hydrogen-bond acceptors (Lipinski definition) is 7. The lowest BCUT2D eigenvalue weighted by atomic mass is 10.3. The third kappa shape index (κ3) is 5.27. The summed E-state index contributed by atoms with van der Waals surface area (Å²) < 4.78 is 14.4. The summed E-state index contributed by atoms with van der Waals surface area (Å²) in [6.45, 7) is 0. The van der Waals surface area contributed by atoms with E-state index in [9.17, 15) is 9.59 Å². The van der Waals surface area contributed by atoms with Crippen LogP contribution in [-0.2, 0) is 35.2 Å². The molecule has 0 aliphatic carbocycles. The molecule has 0 aromatic heterocycles. The van der Waals surface area contributed by atoms with Crippen LogP contribution < -0.4 is 0 Å². The smallest absolute Gasteiger partial charge is 0.319 e. The summed E-state index contributed by atoms with van der Waals surface area (Å²) in [4.78, 5) is 21.9. The van der Waals surface area contributed by atoms with Crippen LogP contribution in [0, 0.1) is 0 Å². The average molecular weight is 288 g/mol. The molecular weight excluding hydrogens is 275 g/mol. The lowest BCUT2D eigenvalue weighted by Gasteiger charge is -2.20. The van der Waals surface area contributed by atoms with E-state index in [2.05, 4.69) is 4.74 Å². The van der Waals surface area contributed by atoms with Crippen molar-refractivity contribution in [2.24, 2.45) is 0 Å². The van der Waals surface area contributed by atoms with Crippen LogP contribution in [0.4, 0.5) is 0 Å². The van der Waals surface area contributed by atoms with E-state index >= 15 is 0 Å². The van der Waals surface area contributed by atoms with Crippen molar-refractivity contribution in [3.05, 3.63) is 0 Å². The maximum Gasteiger partial charge on any atom is 0.319 e. The summed E-state index contributed by atoms with van der Waals surface area (Å²) in [5, 5.41) is 7.72. The van der Waals surface area contributed by atoms with Crippen molar-refractivity contribution in [2.45, 2.75) is 11.7 Å². The molecule has 6 nitrogen and oxygen atoms in total. The van der Waals surface area contributed by atoms with Crippen LogP contribution in [0.5, 0.6) is 0 Å². The van der Waals surface area contributed by atoms with E-state index in [0.717, 1.165) is 11.4 Å². The van der Waals surface area contributed by atoms with Crippen molar-refractivity contribution in [2.75, 3.05) is 21.3 Å². The van der Waals surface area contributed by atoms with Crippen molar-refractivity contribution < 1.29 is 28.5 Å². The summed E-state index contributed by atoms with van der Waals surface area (Å²) in [6, 6.07) is 0. The third-order valence-corrected chi connectivity index (χ3v) is 7.40. The number of hydrogen-bond donors (Lipinski definition) is 1. The second kappa shape index (κ2) is 7.24. The number of aliphatic carboxylic acids is 1. The van der Waals surface area contributed by atoms with Crippen molar-refractivity contribution in [3.8, 4) is 0 Å². The van der Waals surface area contributed by atoms with Crippen LogP contribution in [0.1, 0.15) is 6.42 Å². The van der Waals surface area contributed by atoms with Gasteiger partial charge < -0.3 is 18.9 Å². The Balaban J connectivity index is 4.72. The van der Waals surface area contributed by atoms with Gasteiger partial charge in [-0.2, -0.15) is 0 Å². The Morgan fingerprint density at radius 3 is 2.19 bits per heavy atom. The topological polar surface area (TPSA) is 82.1 Å². The number of rotatable bonds is 7. The Kier molecular flexibility index (Phi) is 7.17. The first kappa shape index (κ1) is 15.9. The van der Waals surface area contributed by atoms with Crippen molar-refractivity contribution in [1.29, 1.82) is 0 Å². The van der Waals surface area contributed by atoms with Gasteiger partial charge in [0.15, 0.2) is 0 Å². The number of methoxy groups -OCH3 is 1. The fourth-order valence-corrected chi connectivity index (χ4v) is 4.67. The second-order valence-electron chi connectivity index (χ2n) is 2.53. The van der Waals surface area contributed by atoms with E-state index in [1.165, 1.54) is 21.3 Å². The maximum absolute atomic E-state index is 11.3. The molecule has 0 spiro atoms. The molecule has 0 heterocycles. The zero-order valence-electron chi connectivity index (χ0n) is 9.04. The number of carbonyl (C=O) groups excluding carboxylic acids is 1. The minimum absolute atomic E-state index is 0.386.